The van der Waals surface area contributed by atoms with Crippen molar-refractivity contribution in [1.82, 2.24) is 19.6 Å². The fourth-order valence-corrected chi connectivity index (χ4v) is 3.55. The Morgan fingerprint density at radius 1 is 1.10 bits per heavy atom. The van der Waals surface area contributed by atoms with Crippen LogP contribution in [0.3, 0.4) is 0 Å². The fourth-order valence-electron chi connectivity index (χ4n) is 3.42. The highest BCUT2D eigenvalue weighted by atomic mass is 35.5. The second kappa shape index (κ2) is 7.76. The molecule has 30 heavy (non-hydrogen) atoms. The van der Waals surface area contributed by atoms with Gasteiger partial charge >= 0.3 is 0 Å². The molecule has 2 aromatic carbocycles. The highest BCUT2D eigenvalue weighted by Gasteiger charge is 2.17. The largest absolute Gasteiger partial charge is 0.324 e. The van der Waals surface area contributed by atoms with Crippen molar-refractivity contribution in [3.63, 3.8) is 0 Å². The standard InChI is InChI=1S/C22H20ClN5O2/c1-13-4-9-19(14(2)10-13)28-21-18(11-24-28)15(3)26-27(22(21)30)12-20(29)25-17-7-5-16(23)6-8-17/h4-11H,12H2,1-3H3,(H,25,29). The van der Waals surface area contributed by atoms with Gasteiger partial charge in [0.15, 0.2) is 0 Å². The monoisotopic (exact) mass is 421 g/mol. The van der Waals surface area contributed by atoms with Crippen LogP contribution in [0, 0.1) is 20.8 Å². The quantitative estimate of drug-likeness (QED) is 0.543. The molecule has 0 aliphatic heterocycles. The van der Waals surface area contributed by atoms with Crippen LogP contribution in [0.15, 0.2) is 53.5 Å². The van der Waals surface area contributed by atoms with E-state index in [4.69, 9.17) is 11.6 Å². The third-order valence-corrected chi connectivity index (χ3v) is 5.12. The molecule has 0 saturated carbocycles. The predicted octanol–water partition coefficient (Wildman–Crippen LogP) is 3.80. The van der Waals surface area contributed by atoms with E-state index in [0.29, 0.717) is 27.3 Å². The predicted molar refractivity (Wildman–Crippen MR) is 117 cm³/mol. The normalized spacial score (nSPS) is 11.1. The van der Waals surface area contributed by atoms with Crippen molar-refractivity contribution in [1.29, 1.82) is 0 Å². The highest BCUT2D eigenvalue weighted by Crippen LogP contribution is 2.21. The number of hydrogen-bond donors (Lipinski definition) is 1. The number of benzene rings is 2. The van der Waals surface area contributed by atoms with Gasteiger partial charge in [-0.25, -0.2) is 9.36 Å². The number of nitrogens with one attached hydrogen (secondary N) is 1. The number of aryl methyl sites for hydroxylation is 3. The van der Waals surface area contributed by atoms with Crippen LogP contribution in [-0.2, 0) is 11.3 Å². The van der Waals surface area contributed by atoms with E-state index in [0.717, 1.165) is 16.8 Å². The third kappa shape index (κ3) is 3.71. The van der Waals surface area contributed by atoms with Crippen LogP contribution in [0.4, 0.5) is 5.69 Å². The van der Waals surface area contributed by atoms with Crippen LogP contribution in [0.25, 0.3) is 16.6 Å². The molecule has 2 aromatic heterocycles. The molecule has 0 unspecified atom stereocenters. The van der Waals surface area contributed by atoms with E-state index in [9.17, 15) is 9.59 Å². The zero-order valence-corrected chi connectivity index (χ0v) is 17.6. The summed E-state index contributed by atoms with van der Waals surface area (Å²) in [6.07, 6.45) is 1.64. The topological polar surface area (TPSA) is 81.8 Å². The number of fused-ring (bicyclic) bond motifs is 1. The average Bonchev–Trinajstić information content (AvgIpc) is 3.13. The third-order valence-electron chi connectivity index (χ3n) is 4.87. The molecule has 0 fully saturated rings. The Bertz CT molecular complexity index is 1320. The molecule has 2 heterocycles. The summed E-state index contributed by atoms with van der Waals surface area (Å²) in [5.74, 6) is -0.358. The number of rotatable bonds is 4. The summed E-state index contributed by atoms with van der Waals surface area (Å²) in [6.45, 7) is 5.57. The van der Waals surface area contributed by atoms with Gasteiger partial charge in [-0.15, -0.1) is 0 Å². The number of halogens is 1. The Hall–Kier alpha value is -3.45. The molecule has 152 valence electrons. The number of aromatic nitrogens is 4. The minimum Gasteiger partial charge on any atom is -0.324 e. The first kappa shape index (κ1) is 19.8. The van der Waals surface area contributed by atoms with E-state index in [1.54, 1.807) is 42.1 Å². The molecule has 0 saturated heterocycles. The number of carbonyl (C=O) groups is 1. The number of amides is 1. The summed E-state index contributed by atoms with van der Waals surface area (Å²) in [6, 6.07) is 12.7. The van der Waals surface area contributed by atoms with E-state index in [2.05, 4.69) is 15.5 Å². The lowest BCUT2D eigenvalue weighted by molar-refractivity contribution is -0.117. The highest BCUT2D eigenvalue weighted by molar-refractivity contribution is 6.30. The average molecular weight is 422 g/mol. The molecule has 8 heteroatoms. The maximum atomic E-state index is 13.2. The van der Waals surface area contributed by atoms with Crippen molar-refractivity contribution in [3.05, 3.63) is 80.9 Å². The van der Waals surface area contributed by atoms with E-state index < -0.39 is 0 Å². The van der Waals surface area contributed by atoms with Gasteiger partial charge in [0.25, 0.3) is 5.56 Å². The molecule has 0 aliphatic carbocycles. The maximum absolute atomic E-state index is 13.2. The van der Waals surface area contributed by atoms with Crippen LogP contribution in [0.2, 0.25) is 5.02 Å². The van der Waals surface area contributed by atoms with Crippen molar-refractivity contribution in [2.24, 2.45) is 0 Å². The van der Waals surface area contributed by atoms with Gasteiger partial charge < -0.3 is 5.32 Å². The van der Waals surface area contributed by atoms with E-state index in [1.165, 1.54) is 4.68 Å². The maximum Gasteiger partial charge on any atom is 0.293 e. The second-order valence-corrected chi connectivity index (χ2v) is 7.65. The van der Waals surface area contributed by atoms with Gasteiger partial charge in [-0.3, -0.25) is 9.59 Å². The van der Waals surface area contributed by atoms with Gasteiger partial charge in [0.05, 0.1) is 17.6 Å². The molecule has 0 bridgehead atoms. The number of carbonyl (C=O) groups excluding carboxylic acids is 1. The molecule has 0 radical (unpaired) electrons. The summed E-state index contributed by atoms with van der Waals surface area (Å²) in [5, 5.41) is 12.7. The minimum absolute atomic E-state index is 0.212. The first-order chi connectivity index (χ1) is 14.3. The first-order valence-electron chi connectivity index (χ1n) is 9.42. The summed E-state index contributed by atoms with van der Waals surface area (Å²) in [7, 11) is 0. The van der Waals surface area contributed by atoms with E-state index in [-0.39, 0.29) is 18.0 Å². The zero-order valence-electron chi connectivity index (χ0n) is 16.8. The van der Waals surface area contributed by atoms with Crippen molar-refractivity contribution in [2.45, 2.75) is 27.3 Å². The number of hydrogen-bond acceptors (Lipinski definition) is 4. The lowest BCUT2D eigenvalue weighted by Gasteiger charge is -2.11. The Morgan fingerprint density at radius 2 is 1.83 bits per heavy atom. The Labute approximate surface area is 177 Å². The van der Waals surface area contributed by atoms with Crippen LogP contribution >= 0.6 is 11.6 Å². The summed E-state index contributed by atoms with van der Waals surface area (Å²) in [4.78, 5) is 25.7. The molecule has 0 atom stereocenters. The molecule has 1 amide bonds. The molecule has 1 N–H and O–H groups in total. The molecular weight excluding hydrogens is 402 g/mol. The van der Waals surface area contributed by atoms with Crippen LogP contribution in [0.1, 0.15) is 16.8 Å². The van der Waals surface area contributed by atoms with E-state index in [1.807, 2.05) is 32.0 Å². The lowest BCUT2D eigenvalue weighted by Crippen LogP contribution is -2.31. The van der Waals surface area contributed by atoms with Crippen LogP contribution in [0.5, 0.6) is 0 Å². The summed E-state index contributed by atoms with van der Waals surface area (Å²) < 4.78 is 2.79. The van der Waals surface area contributed by atoms with Crippen LogP contribution in [-0.4, -0.2) is 25.5 Å². The van der Waals surface area contributed by atoms with Crippen molar-refractivity contribution >= 4 is 34.1 Å². The molecular formula is C22H20ClN5O2. The van der Waals surface area contributed by atoms with Gasteiger partial charge in [0.2, 0.25) is 5.91 Å². The van der Waals surface area contributed by atoms with Gasteiger partial charge in [-0.2, -0.15) is 10.2 Å². The Kier molecular flexibility index (Phi) is 5.13. The number of nitrogens with zero attached hydrogens (tertiary/aromatic N) is 4. The number of anilines is 1. The molecule has 7 nitrogen and oxygen atoms in total. The lowest BCUT2D eigenvalue weighted by atomic mass is 10.1. The van der Waals surface area contributed by atoms with Crippen LogP contribution < -0.4 is 10.9 Å². The molecule has 4 aromatic rings. The summed E-state index contributed by atoms with van der Waals surface area (Å²) >= 11 is 5.87. The second-order valence-electron chi connectivity index (χ2n) is 7.21. The van der Waals surface area contributed by atoms with Gasteiger partial charge in [0, 0.05) is 16.1 Å². The SMILES string of the molecule is Cc1ccc(-n2ncc3c(C)nn(CC(=O)Nc4ccc(Cl)cc4)c(=O)c32)c(C)c1. The molecule has 0 aliphatic rings. The summed E-state index contributed by atoms with van der Waals surface area (Å²) in [5.41, 5.74) is 4.18. The van der Waals surface area contributed by atoms with Crippen molar-refractivity contribution in [2.75, 3.05) is 5.32 Å². The van der Waals surface area contributed by atoms with Crippen molar-refractivity contribution in [3.8, 4) is 5.69 Å². The molecule has 4 rings (SSSR count). The Balaban J connectivity index is 1.73. The van der Waals surface area contributed by atoms with E-state index >= 15 is 0 Å². The molecule has 0 spiro atoms. The van der Waals surface area contributed by atoms with Gasteiger partial charge in [0.1, 0.15) is 12.1 Å². The zero-order chi connectivity index (χ0) is 21.4. The smallest absolute Gasteiger partial charge is 0.293 e. The first-order valence-corrected chi connectivity index (χ1v) is 9.80. The van der Waals surface area contributed by atoms with Gasteiger partial charge in [-0.1, -0.05) is 29.3 Å². The van der Waals surface area contributed by atoms with Gasteiger partial charge in [-0.05, 0) is 56.7 Å². The fraction of sp³-hybridized carbons (Fsp3) is 0.182. The minimum atomic E-state index is -0.376. The Morgan fingerprint density at radius 3 is 2.53 bits per heavy atom. The van der Waals surface area contributed by atoms with Crippen molar-refractivity contribution < 1.29 is 4.79 Å².